The summed E-state index contributed by atoms with van der Waals surface area (Å²) in [4.78, 5) is 24.1. The van der Waals surface area contributed by atoms with Gasteiger partial charge in [-0.25, -0.2) is 9.59 Å². The third kappa shape index (κ3) is 4.91. The predicted octanol–water partition coefficient (Wildman–Crippen LogP) is 3.88. The van der Waals surface area contributed by atoms with E-state index >= 15 is 0 Å². The summed E-state index contributed by atoms with van der Waals surface area (Å²) in [7, 11) is 0. The van der Waals surface area contributed by atoms with Crippen LogP contribution in [0.1, 0.15) is 18.5 Å². The van der Waals surface area contributed by atoms with Crippen molar-refractivity contribution in [3.63, 3.8) is 0 Å². The van der Waals surface area contributed by atoms with Gasteiger partial charge < -0.3 is 15.4 Å². The Kier molecular flexibility index (Phi) is 5.68. The lowest BCUT2D eigenvalue weighted by Gasteiger charge is -2.28. The zero-order valence-corrected chi connectivity index (χ0v) is 14.9. The first kappa shape index (κ1) is 18.2. The molecule has 1 aliphatic heterocycles. The van der Waals surface area contributed by atoms with Gasteiger partial charge in [0, 0.05) is 10.7 Å². The van der Waals surface area contributed by atoms with Gasteiger partial charge in [0.05, 0.1) is 11.6 Å². The fourth-order valence-corrected chi connectivity index (χ4v) is 2.38. The van der Waals surface area contributed by atoms with Gasteiger partial charge in [-0.05, 0) is 24.6 Å². The number of allylic oxidation sites excluding steroid dienone is 1. The number of nitrogens with one attached hydrogen (secondary N) is 2. The van der Waals surface area contributed by atoms with Gasteiger partial charge in [-0.3, -0.25) is 0 Å². The second kappa shape index (κ2) is 7.18. The molecule has 0 bridgehead atoms. The lowest BCUT2D eigenvalue weighted by Crippen LogP contribution is -2.45. The Morgan fingerprint density at radius 3 is 2.43 bits per heavy atom. The van der Waals surface area contributed by atoms with Crippen LogP contribution in [0, 0.1) is 0 Å². The van der Waals surface area contributed by atoms with Crippen molar-refractivity contribution < 1.29 is 14.3 Å². The summed E-state index contributed by atoms with van der Waals surface area (Å²) in [6, 6.07) is 5.60. The van der Waals surface area contributed by atoms with Crippen molar-refractivity contribution >= 4 is 58.4 Å². The number of urea groups is 1. The van der Waals surface area contributed by atoms with E-state index in [9.17, 15) is 9.59 Å². The summed E-state index contributed by atoms with van der Waals surface area (Å²) in [5.74, 6) is -0.693. The smallest absolute Gasteiger partial charge is 0.338 e. The molecule has 0 radical (unpaired) electrons. The van der Waals surface area contributed by atoms with Crippen molar-refractivity contribution in [1.82, 2.24) is 10.6 Å². The highest BCUT2D eigenvalue weighted by molar-refractivity contribution is 6.67. The molecule has 1 aliphatic rings. The number of rotatable bonds is 3. The molecule has 0 saturated heterocycles. The summed E-state index contributed by atoms with van der Waals surface area (Å²) in [5, 5.41) is 5.72. The number of esters is 1. The van der Waals surface area contributed by atoms with Crippen LogP contribution in [0.25, 0.3) is 0 Å². The molecule has 1 aromatic rings. The van der Waals surface area contributed by atoms with Crippen molar-refractivity contribution in [3.8, 4) is 0 Å². The maximum absolute atomic E-state index is 12.3. The normalized spacial score (nSPS) is 18.3. The fourth-order valence-electron chi connectivity index (χ4n) is 2.09. The molecule has 2 amide bonds. The van der Waals surface area contributed by atoms with Gasteiger partial charge in [0.25, 0.3) is 0 Å². The molecule has 0 aliphatic carbocycles. The van der Waals surface area contributed by atoms with Crippen molar-refractivity contribution in [2.75, 3.05) is 6.61 Å². The van der Waals surface area contributed by atoms with Crippen LogP contribution >= 0.6 is 46.4 Å². The topological polar surface area (TPSA) is 67.4 Å². The molecule has 1 atom stereocenters. The van der Waals surface area contributed by atoms with Crippen LogP contribution in [0.15, 0.2) is 35.5 Å². The van der Waals surface area contributed by atoms with E-state index in [1.807, 2.05) is 0 Å². The van der Waals surface area contributed by atoms with Crippen LogP contribution < -0.4 is 10.6 Å². The molecule has 1 heterocycles. The van der Waals surface area contributed by atoms with E-state index in [0.717, 1.165) is 0 Å². The summed E-state index contributed by atoms with van der Waals surface area (Å²) in [5.41, 5.74) is 1.26. The summed E-state index contributed by atoms with van der Waals surface area (Å²) < 4.78 is 3.30. The third-order valence-corrected chi connectivity index (χ3v) is 3.64. The quantitative estimate of drug-likeness (QED) is 0.600. The van der Waals surface area contributed by atoms with Gasteiger partial charge in [0.1, 0.15) is 6.61 Å². The SMILES string of the molecule is CC1=C(C(=O)OCC(Cl)(Cl)Cl)C(c2ccc(Cl)cc2)NC(=O)N1. The van der Waals surface area contributed by atoms with Gasteiger partial charge in [-0.1, -0.05) is 58.5 Å². The highest BCUT2D eigenvalue weighted by Gasteiger charge is 2.33. The molecule has 0 spiro atoms. The minimum absolute atomic E-state index is 0.223. The van der Waals surface area contributed by atoms with E-state index in [1.54, 1.807) is 31.2 Å². The number of carbonyl (C=O) groups is 2. The number of ether oxygens (including phenoxy) is 1. The number of hydrogen-bond donors (Lipinski definition) is 2. The Morgan fingerprint density at radius 1 is 1.26 bits per heavy atom. The van der Waals surface area contributed by atoms with Crippen molar-refractivity contribution in [3.05, 3.63) is 46.1 Å². The molecule has 23 heavy (non-hydrogen) atoms. The molecular formula is C14H12Cl4N2O3. The van der Waals surface area contributed by atoms with Crippen molar-refractivity contribution in [1.29, 1.82) is 0 Å². The van der Waals surface area contributed by atoms with Crippen LogP contribution in [0.3, 0.4) is 0 Å². The first-order valence-corrected chi connectivity index (χ1v) is 7.96. The number of benzene rings is 1. The first-order valence-electron chi connectivity index (χ1n) is 6.45. The van der Waals surface area contributed by atoms with E-state index in [-0.39, 0.29) is 5.57 Å². The maximum Gasteiger partial charge on any atom is 0.338 e. The van der Waals surface area contributed by atoms with E-state index in [2.05, 4.69) is 10.6 Å². The second-order valence-electron chi connectivity index (χ2n) is 4.81. The minimum Gasteiger partial charge on any atom is -0.458 e. The number of amides is 2. The van der Waals surface area contributed by atoms with Gasteiger partial charge in [-0.15, -0.1) is 0 Å². The fraction of sp³-hybridized carbons (Fsp3) is 0.286. The first-order chi connectivity index (χ1) is 10.7. The van der Waals surface area contributed by atoms with Crippen LogP contribution in [0.2, 0.25) is 5.02 Å². The van der Waals surface area contributed by atoms with Crippen LogP contribution in [-0.4, -0.2) is 22.4 Å². The van der Waals surface area contributed by atoms with Crippen molar-refractivity contribution in [2.45, 2.75) is 16.8 Å². The zero-order chi connectivity index (χ0) is 17.2. The van der Waals surface area contributed by atoms with Gasteiger partial charge in [0.2, 0.25) is 3.79 Å². The summed E-state index contributed by atoms with van der Waals surface area (Å²) in [6.07, 6.45) is 0. The lowest BCUT2D eigenvalue weighted by molar-refractivity contribution is -0.139. The highest BCUT2D eigenvalue weighted by Crippen LogP contribution is 2.30. The Bertz CT molecular complexity index is 653. The average Bonchev–Trinajstić information content (AvgIpc) is 2.44. The van der Waals surface area contributed by atoms with Gasteiger partial charge >= 0.3 is 12.0 Å². The Balaban J connectivity index is 2.31. The number of hydrogen-bond acceptors (Lipinski definition) is 3. The third-order valence-electron chi connectivity index (χ3n) is 3.06. The monoisotopic (exact) mass is 396 g/mol. The standard InChI is InChI=1S/C14H12Cl4N2O3/c1-7-10(12(21)23-6-14(16,17)18)11(20-13(22)19-7)8-2-4-9(15)5-3-8/h2-5,11H,6H2,1H3,(H2,19,20,22). The van der Waals surface area contributed by atoms with Gasteiger partial charge in [0.15, 0.2) is 0 Å². The largest absolute Gasteiger partial charge is 0.458 e. The van der Waals surface area contributed by atoms with E-state index in [0.29, 0.717) is 16.3 Å². The van der Waals surface area contributed by atoms with E-state index < -0.39 is 28.4 Å². The molecule has 1 unspecified atom stereocenters. The van der Waals surface area contributed by atoms with E-state index in [1.165, 1.54) is 0 Å². The van der Waals surface area contributed by atoms with Crippen molar-refractivity contribution in [2.24, 2.45) is 0 Å². The molecule has 124 valence electrons. The summed E-state index contributed by atoms with van der Waals surface area (Å²) >= 11 is 22.6. The molecule has 2 N–H and O–H groups in total. The molecule has 2 rings (SSSR count). The van der Waals surface area contributed by atoms with E-state index in [4.69, 9.17) is 51.1 Å². The van der Waals surface area contributed by atoms with Crippen LogP contribution in [-0.2, 0) is 9.53 Å². The molecule has 0 saturated carbocycles. The Labute approximate surface area is 152 Å². The highest BCUT2D eigenvalue weighted by atomic mass is 35.6. The average molecular weight is 398 g/mol. The van der Waals surface area contributed by atoms with Crippen LogP contribution in [0.4, 0.5) is 4.79 Å². The Morgan fingerprint density at radius 2 is 1.87 bits per heavy atom. The predicted molar refractivity (Wildman–Crippen MR) is 89.8 cm³/mol. The minimum atomic E-state index is -1.72. The zero-order valence-electron chi connectivity index (χ0n) is 11.8. The second-order valence-corrected chi connectivity index (χ2v) is 7.77. The molecule has 0 aromatic heterocycles. The molecule has 9 heteroatoms. The molecule has 1 aromatic carbocycles. The summed E-state index contributed by atoms with van der Waals surface area (Å²) in [6.45, 7) is 1.18. The molecular weight excluding hydrogens is 386 g/mol. The number of carbonyl (C=O) groups excluding carboxylic acids is 2. The maximum atomic E-state index is 12.3. The Hall–Kier alpha value is -1.14. The van der Waals surface area contributed by atoms with Crippen LogP contribution in [0.5, 0.6) is 0 Å². The number of alkyl halides is 3. The number of halogens is 4. The molecule has 5 nitrogen and oxygen atoms in total. The molecule has 0 fully saturated rings. The van der Waals surface area contributed by atoms with Gasteiger partial charge in [-0.2, -0.15) is 0 Å². The lowest BCUT2D eigenvalue weighted by atomic mass is 9.96.